The summed E-state index contributed by atoms with van der Waals surface area (Å²) in [4.78, 5) is 18.6. The van der Waals surface area contributed by atoms with Crippen LogP contribution < -0.4 is 4.74 Å². The highest BCUT2D eigenvalue weighted by molar-refractivity contribution is 7.09. The van der Waals surface area contributed by atoms with Gasteiger partial charge in [-0.05, 0) is 37.0 Å². The lowest BCUT2D eigenvalue weighted by atomic mass is 10.1. The summed E-state index contributed by atoms with van der Waals surface area (Å²) in [7, 11) is 0. The molecule has 2 heterocycles. The number of amides is 1. The van der Waals surface area contributed by atoms with Crippen molar-refractivity contribution in [1.29, 1.82) is 0 Å². The molecule has 0 atom stereocenters. The lowest BCUT2D eigenvalue weighted by Crippen LogP contribution is -2.56. The molecule has 0 spiro atoms. The van der Waals surface area contributed by atoms with E-state index in [1.165, 1.54) is 5.56 Å². The zero-order valence-electron chi connectivity index (χ0n) is 13.6. The van der Waals surface area contributed by atoms with E-state index in [4.69, 9.17) is 4.74 Å². The number of carbonyl (C=O) groups excluding carboxylic acids is 1. The number of likely N-dealkylation sites (tertiary alicyclic amines) is 1. The Morgan fingerprint density at radius 3 is 2.96 bits per heavy atom. The van der Waals surface area contributed by atoms with Crippen LogP contribution in [0.1, 0.15) is 41.3 Å². The molecule has 2 aromatic rings. The third-order valence-electron chi connectivity index (χ3n) is 3.98. The first kappa shape index (κ1) is 16.0. The fraction of sp³-hybridized carbons (Fsp3) is 0.444. The van der Waals surface area contributed by atoms with Gasteiger partial charge < -0.3 is 9.64 Å². The van der Waals surface area contributed by atoms with E-state index in [9.17, 15) is 4.79 Å². The summed E-state index contributed by atoms with van der Waals surface area (Å²) in [6, 6.07) is 8.16. The highest BCUT2D eigenvalue weighted by atomic mass is 32.1. The molecule has 122 valence electrons. The van der Waals surface area contributed by atoms with E-state index >= 15 is 0 Å². The van der Waals surface area contributed by atoms with E-state index in [2.05, 4.69) is 31.0 Å². The van der Waals surface area contributed by atoms with Crippen LogP contribution in [0.5, 0.6) is 5.75 Å². The number of benzene rings is 1. The minimum absolute atomic E-state index is 0.0192. The van der Waals surface area contributed by atoms with Crippen molar-refractivity contribution in [3.8, 4) is 5.75 Å². The number of aromatic nitrogens is 1. The zero-order valence-corrected chi connectivity index (χ0v) is 14.4. The van der Waals surface area contributed by atoms with Crippen LogP contribution in [0.2, 0.25) is 0 Å². The molecule has 1 aliphatic heterocycles. The van der Waals surface area contributed by atoms with E-state index in [-0.39, 0.29) is 12.0 Å². The van der Waals surface area contributed by atoms with Gasteiger partial charge in [0, 0.05) is 5.38 Å². The second-order valence-corrected chi connectivity index (χ2v) is 6.77. The molecule has 5 heteroatoms. The van der Waals surface area contributed by atoms with Gasteiger partial charge in [0.05, 0.1) is 18.1 Å². The Hall–Kier alpha value is -1.88. The summed E-state index contributed by atoms with van der Waals surface area (Å²) < 4.78 is 5.94. The van der Waals surface area contributed by atoms with Gasteiger partial charge in [0.2, 0.25) is 0 Å². The average Bonchev–Trinajstić information content (AvgIpc) is 2.99. The molecule has 4 nitrogen and oxygen atoms in total. The summed E-state index contributed by atoms with van der Waals surface area (Å²) in [6.45, 7) is 5.52. The molecule has 1 aromatic carbocycles. The van der Waals surface area contributed by atoms with Crippen LogP contribution in [0.15, 0.2) is 29.6 Å². The molecule has 0 radical (unpaired) electrons. The van der Waals surface area contributed by atoms with Gasteiger partial charge in [-0.2, -0.15) is 0 Å². The van der Waals surface area contributed by atoms with Crippen LogP contribution in [0.4, 0.5) is 0 Å². The number of rotatable bonds is 6. The maximum atomic E-state index is 12.4. The van der Waals surface area contributed by atoms with Gasteiger partial charge in [-0.1, -0.05) is 26.0 Å². The smallest absolute Gasteiger partial charge is 0.273 e. The highest BCUT2D eigenvalue weighted by Gasteiger charge is 2.33. The summed E-state index contributed by atoms with van der Waals surface area (Å²) in [5.74, 6) is 0.908. The number of thiazole rings is 1. The van der Waals surface area contributed by atoms with Crippen LogP contribution in [-0.4, -0.2) is 35.0 Å². The minimum Gasteiger partial charge on any atom is -0.487 e. The first-order chi connectivity index (χ1) is 11.2. The van der Waals surface area contributed by atoms with Gasteiger partial charge >= 0.3 is 0 Å². The lowest BCUT2D eigenvalue weighted by molar-refractivity contribution is 0.0174. The number of hydrogen-bond acceptors (Lipinski definition) is 4. The summed E-state index contributed by atoms with van der Waals surface area (Å²) in [5.41, 5.74) is 1.84. The molecule has 0 bridgehead atoms. The molecular formula is C18H22N2O2S. The maximum Gasteiger partial charge on any atom is 0.273 e. The Balaban J connectivity index is 1.52. The van der Waals surface area contributed by atoms with Crippen molar-refractivity contribution < 1.29 is 9.53 Å². The lowest BCUT2D eigenvalue weighted by Gasteiger charge is -2.38. The van der Waals surface area contributed by atoms with Crippen LogP contribution >= 0.6 is 11.3 Å². The van der Waals surface area contributed by atoms with Gasteiger partial charge in [0.15, 0.2) is 0 Å². The number of ether oxygens (including phenoxy) is 1. The fourth-order valence-electron chi connectivity index (χ4n) is 2.61. The normalized spacial score (nSPS) is 14.6. The molecule has 23 heavy (non-hydrogen) atoms. The predicted molar refractivity (Wildman–Crippen MR) is 92.2 cm³/mol. The maximum absolute atomic E-state index is 12.4. The number of carbonyl (C=O) groups is 1. The Kier molecular flexibility index (Phi) is 4.96. The topological polar surface area (TPSA) is 42.4 Å². The molecule has 1 saturated heterocycles. The molecule has 0 unspecified atom stereocenters. The van der Waals surface area contributed by atoms with Crippen LogP contribution in [0, 0.1) is 0 Å². The molecule has 1 amide bonds. The van der Waals surface area contributed by atoms with E-state index in [0.717, 1.165) is 30.0 Å². The average molecular weight is 330 g/mol. The number of hydrogen-bond donors (Lipinski definition) is 0. The SMILES string of the molecule is CCCc1nc(C(=O)N2CC(Oc3cccc(CC)c3)C2)cs1. The quantitative estimate of drug-likeness (QED) is 0.813. The molecule has 0 N–H and O–H groups in total. The monoisotopic (exact) mass is 330 g/mol. The third-order valence-corrected chi connectivity index (χ3v) is 4.89. The van der Waals surface area contributed by atoms with E-state index in [1.54, 1.807) is 16.2 Å². The standard InChI is InChI=1S/C18H22N2O2S/c1-3-6-17-19-16(12-23-17)18(21)20-10-15(11-20)22-14-8-5-7-13(4-2)9-14/h5,7-9,12,15H,3-4,6,10-11H2,1-2H3. The zero-order chi connectivity index (χ0) is 16.2. The molecular weight excluding hydrogens is 308 g/mol. The molecule has 0 saturated carbocycles. The van der Waals surface area contributed by atoms with Crippen molar-refractivity contribution in [1.82, 2.24) is 9.88 Å². The summed E-state index contributed by atoms with van der Waals surface area (Å²) in [5, 5.41) is 2.91. The Labute approximate surface area is 141 Å². The fourth-order valence-corrected chi connectivity index (χ4v) is 3.48. The van der Waals surface area contributed by atoms with E-state index in [1.807, 2.05) is 17.5 Å². The van der Waals surface area contributed by atoms with Gasteiger partial charge in [0.1, 0.15) is 17.5 Å². The second kappa shape index (κ2) is 7.13. The Bertz CT molecular complexity index is 677. The van der Waals surface area contributed by atoms with Crippen molar-refractivity contribution in [2.75, 3.05) is 13.1 Å². The third kappa shape index (κ3) is 3.72. The van der Waals surface area contributed by atoms with Gasteiger partial charge in [-0.25, -0.2) is 4.98 Å². The highest BCUT2D eigenvalue weighted by Crippen LogP contribution is 2.22. The summed E-state index contributed by atoms with van der Waals surface area (Å²) >= 11 is 1.57. The first-order valence-electron chi connectivity index (χ1n) is 8.18. The molecule has 3 rings (SSSR count). The van der Waals surface area contributed by atoms with Gasteiger partial charge in [-0.15, -0.1) is 11.3 Å². The molecule has 1 aliphatic rings. The molecule has 0 aliphatic carbocycles. The van der Waals surface area contributed by atoms with Crippen LogP contribution in [0.3, 0.4) is 0 Å². The second-order valence-electron chi connectivity index (χ2n) is 5.83. The van der Waals surface area contributed by atoms with Crippen molar-refractivity contribution in [2.45, 2.75) is 39.2 Å². The van der Waals surface area contributed by atoms with Crippen LogP contribution in [0.25, 0.3) is 0 Å². The van der Waals surface area contributed by atoms with Crippen LogP contribution in [-0.2, 0) is 12.8 Å². The van der Waals surface area contributed by atoms with Crippen molar-refractivity contribution >= 4 is 17.2 Å². The number of aryl methyl sites for hydroxylation is 2. The van der Waals surface area contributed by atoms with E-state index in [0.29, 0.717) is 18.8 Å². The van der Waals surface area contributed by atoms with Crippen molar-refractivity contribution in [3.05, 3.63) is 45.9 Å². The summed E-state index contributed by atoms with van der Waals surface area (Å²) in [6.07, 6.45) is 3.07. The van der Waals surface area contributed by atoms with Gasteiger partial charge in [0.25, 0.3) is 5.91 Å². The minimum atomic E-state index is 0.0192. The predicted octanol–water partition coefficient (Wildman–Crippen LogP) is 3.56. The number of nitrogens with zero attached hydrogens (tertiary/aromatic N) is 2. The van der Waals surface area contributed by atoms with Gasteiger partial charge in [-0.3, -0.25) is 4.79 Å². The Morgan fingerprint density at radius 2 is 2.22 bits per heavy atom. The Morgan fingerprint density at radius 1 is 1.39 bits per heavy atom. The van der Waals surface area contributed by atoms with Crippen molar-refractivity contribution in [2.24, 2.45) is 0 Å². The molecule has 1 fully saturated rings. The molecule has 1 aromatic heterocycles. The first-order valence-corrected chi connectivity index (χ1v) is 9.06. The van der Waals surface area contributed by atoms with E-state index < -0.39 is 0 Å². The van der Waals surface area contributed by atoms with Crippen molar-refractivity contribution in [3.63, 3.8) is 0 Å². The largest absolute Gasteiger partial charge is 0.487 e.